The number of para-hydroxylation sites is 2. The maximum absolute atomic E-state index is 5.82. The van der Waals surface area contributed by atoms with Crippen LogP contribution in [-0.2, 0) is 6.54 Å². The largest absolute Gasteiger partial charge is 0.491 e. The number of aromatic nitrogens is 2. The summed E-state index contributed by atoms with van der Waals surface area (Å²) in [6.45, 7) is 7.76. The van der Waals surface area contributed by atoms with Gasteiger partial charge in [0.05, 0.1) is 18.0 Å². The van der Waals surface area contributed by atoms with Gasteiger partial charge in [-0.2, -0.15) is 5.10 Å². The van der Waals surface area contributed by atoms with Gasteiger partial charge in [-0.25, -0.2) is 0 Å². The van der Waals surface area contributed by atoms with Gasteiger partial charge >= 0.3 is 0 Å². The topological polar surface area (TPSA) is 53.1 Å². The lowest BCUT2D eigenvalue weighted by Crippen LogP contribution is -2.08. The standard InChI is InChI=1S/C15H21N3O/c1-11-12(2)17-18(13(11)3)9-6-10-19-15-8-5-4-7-14(15)16/h4-5,7-8H,6,9-10,16H2,1-3H3. The number of hydrogen-bond donors (Lipinski definition) is 1. The third kappa shape index (κ3) is 3.08. The van der Waals surface area contributed by atoms with Gasteiger partial charge in [0.25, 0.3) is 0 Å². The molecule has 1 aromatic carbocycles. The minimum Gasteiger partial charge on any atom is -0.491 e. The van der Waals surface area contributed by atoms with Crippen molar-refractivity contribution in [3.63, 3.8) is 0 Å². The van der Waals surface area contributed by atoms with Crippen LogP contribution in [0.5, 0.6) is 5.75 Å². The van der Waals surface area contributed by atoms with Crippen molar-refractivity contribution in [2.24, 2.45) is 0 Å². The van der Waals surface area contributed by atoms with E-state index in [0.29, 0.717) is 12.3 Å². The molecule has 4 nitrogen and oxygen atoms in total. The lowest BCUT2D eigenvalue weighted by atomic mass is 10.2. The summed E-state index contributed by atoms with van der Waals surface area (Å²) in [5.41, 5.74) is 10.1. The summed E-state index contributed by atoms with van der Waals surface area (Å²) in [4.78, 5) is 0. The van der Waals surface area contributed by atoms with Gasteiger partial charge in [-0.05, 0) is 38.5 Å². The Hall–Kier alpha value is -1.97. The Bertz CT molecular complexity index is 561. The molecule has 2 aromatic rings. The van der Waals surface area contributed by atoms with E-state index < -0.39 is 0 Å². The maximum Gasteiger partial charge on any atom is 0.142 e. The van der Waals surface area contributed by atoms with Crippen molar-refractivity contribution in [3.05, 3.63) is 41.2 Å². The van der Waals surface area contributed by atoms with E-state index in [1.807, 2.05) is 35.9 Å². The van der Waals surface area contributed by atoms with E-state index in [1.54, 1.807) is 0 Å². The van der Waals surface area contributed by atoms with Crippen molar-refractivity contribution in [3.8, 4) is 5.75 Å². The highest BCUT2D eigenvalue weighted by atomic mass is 16.5. The second-order valence-corrected chi connectivity index (χ2v) is 4.76. The summed E-state index contributed by atoms with van der Waals surface area (Å²) in [7, 11) is 0. The van der Waals surface area contributed by atoms with Crippen molar-refractivity contribution >= 4 is 5.69 Å². The van der Waals surface area contributed by atoms with Gasteiger partial charge in [-0.3, -0.25) is 4.68 Å². The van der Waals surface area contributed by atoms with Crippen molar-refractivity contribution in [1.82, 2.24) is 9.78 Å². The minimum atomic E-state index is 0.644. The van der Waals surface area contributed by atoms with Crippen LogP contribution in [0.3, 0.4) is 0 Å². The fourth-order valence-corrected chi connectivity index (χ4v) is 2.01. The first-order valence-corrected chi connectivity index (χ1v) is 6.57. The first kappa shape index (κ1) is 13.5. The molecule has 4 heteroatoms. The normalized spacial score (nSPS) is 10.7. The molecule has 0 radical (unpaired) electrons. The van der Waals surface area contributed by atoms with Crippen LogP contribution in [0.4, 0.5) is 5.69 Å². The molecule has 102 valence electrons. The van der Waals surface area contributed by atoms with E-state index in [0.717, 1.165) is 24.4 Å². The van der Waals surface area contributed by atoms with Crippen LogP contribution in [0.2, 0.25) is 0 Å². The summed E-state index contributed by atoms with van der Waals surface area (Å²) in [6.07, 6.45) is 0.912. The number of nitrogens with two attached hydrogens (primary N) is 1. The number of hydrogen-bond acceptors (Lipinski definition) is 3. The highest BCUT2D eigenvalue weighted by Crippen LogP contribution is 2.19. The third-order valence-electron chi connectivity index (χ3n) is 3.43. The van der Waals surface area contributed by atoms with E-state index in [1.165, 1.54) is 11.3 Å². The molecule has 1 aromatic heterocycles. The quantitative estimate of drug-likeness (QED) is 0.663. The van der Waals surface area contributed by atoms with E-state index >= 15 is 0 Å². The van der Waals surface area contributed by atoms with Gasteiger partial charge in [-0.15, -0.1) is 0 Å². The third-order valence-corrected chi connectivity index (χ3v) is 3.43. The van der Waals surface area contributed by atoms with E-state index in [2.05, 4.69) is 18.9 Å². The van der Waals surface area contributed by atoms with Gasteiger partial charge < -0.3 is 10.5 Å². The molecule has 0 bridgehead atoms. The van der Waals surface area contributed by atoms with Crippen LogP contribution >= 0.6 is 0 Å². The highest BCUT2D eigenvalue weighted by Gasteiger charge is 2.06. The summed E-state index contributed by atoms with van der Waals surface area (Å²) in [5.74, 6) is 0.757. The number of ether oxygens (including phenoxy) is 1. The van der Waals surface area contributed by atoms with Crippen molar-refractivity contribution < 1.29 is 4.74 Å². The van der Waals surface area contributed by atoms with Gasteiger partial charge in [0.2, 0.25) is 0 Å². The van der Waals surface area contributed by atoms with Gasteiger partial charge in [0, 0.05) is 18.7 Å². The van der Waals surface area contributed by atoms with Crippen LogP contribution in [0.25, 0.3) is 0 Å². The Morgan fingerprint density at radius 1 is 1.21 bits per heavy atom. The minimum absolute atomic E-state index is 0.644. The average Bonchev–Trinajstić information content (AvgIpc) is 2.64. The summed E-state index contributed by atoms with van der Waals surface area (Å²) >= 11 is 0. The molecule has 1 heterocycles. The Morgan fingerprint density at radius 2 is 1.95 bits per heavy atom. The molecule has 0 spiro atoms. The van der Waals surface area contributed by atoms with Gasteiger partial charge in [0.1, 0.15) is 5.75 Å². The molecular weight excluding hydrogens is 238 g/mol. The molecule has 0 aliphatic rings. The number of nitrogen functional groups attached to an aromatic ring is 1. The number of rotatable bonds is 5. The van der Waals surface area contributed by atoms with Crippen LogP contribution in [0, 0.1) is 20.8 Å². The van der Waals surface area contributed by atoms with E-state index in [4.69, 9.17) is 10.5 Å². The molecule has 0 aliphatic heterocycles. The molecule has 2 N–H and O–H groups in total. The lowest BCUT2D eigenvalue weighted by molar-refractivity contribution is 0.299. The smallest absolute Gasteiger partial charge is 0.142 e. The van der Waals surface area contributed by atoms with Crippen LogP contribution in [0.1, 0.15) is 23.4 Å². The Kier molecular flexibility index (Phi) is 4.10. The molecule has 0 aliphatic carbocycles. The molecule has 0 atom stereocenters. The van der Waals surface area contributed by atoms with Crippen LogP contribution < -0.4 is 10.5 Å². The Balaban J connectivity index is 1.84. The van der Waals surface area contributed by atoms with Crippen LogP contribution in [-0.4, -0.2) is 16.4 Å². The summed E-state index contributed by atoms with van der Waals surface area (Å²) in [5, 5.41) is 4.51. The number of nitrogens with zero attached hydrogens (tertiary/aromatic N) is 2. The molecule has 0 saturated heterocycles. The predicted molar refractivity (Wildman–Crippen MR) is 77.4 cm³/mol. The molecule has 0 amide bonds. The molecule has 19 heavy (non-hydrogen) atoms. The zero-order valence-corrected chi connectivity index (χ0v) is 11.8. The Labute approximate surface area is 114 Å². The molecule has 0 saturated carbocycles. The van der Waals surface area contributed by atoms with Crippen molar-refractivity contribution in [2.45, 2.75) is 33.7 Å². The molecule has 0 fully saturated rings. The summed E-state index contributed by atoms with van der Waals surface area (Å²) in [6, 6.07) is 7.57. The first-order chi connectivity index (χ1) is 9.09. The number of aryl methyl sites for hydroxylation is 2. The molecule has 2 rings (SSSR count). The van der Waals surface area contributed by atoms with Gasteiger partial charge in [0.15, 0.2) is 0 Å². The highest BCUT2D eigenvalue weighted by molar-refractivity contribution is 5.51. The monoisotopic (exact) mass is 259 g/mol. The number of anilines is 1. The van der Waals surface area contributed by atoms with E-state index in [-0.39, 0.29) is 0 Å². The first-order valence-electron chi connectivity index (χ1n) is 6.57. The predicted octanol–water partition coefficient (Wildman–Crippen LogP) is 2.86. The maximum atomic E-state index is 5.82. The zero-order chi connectivity index (χ0) is 13.8. The lowest BCUT2D eigenvalue weighted by Gasteiger charge is -2.09. The van der Waals surface area contributed by atoms with Crippen LogP contribution in [0.15, 0.2) is 24.3 Å². The number of benzene rings is 1. The SMILES string of the molecule is Cc1nn(CCCOc2ccccc2N)c(C)c1C. The van der Waals surface area contributed by atoms with Crippen molar-refractivity contribution in [1.29, 1.82) is 0 Å². The second kappa shape index (κ2) is 5.78. The fraction of sp³-hybridized carbons (Fsp3) is 0.400. The zero-order valence-electron chi connectivity index (χ0n) is 11.8. The fourth-order valence-electron chi connectivity index (χ4n) is 2.01. The average molecular weight is 259 g/mol. The Morgan fingerprint density at radius 3 is 2.58 bits per heavy atom. The second-order valence-electron chi connectivity index (χ2n) is 4.76. The molecular formula is C15H21N3O. The molecule has 0 unspecified atom stereocenters. The van der Waals surface area contributed by atoms with Gasteiger partial charge in [-0.1, -0.05) is 12.1 Å². The summed E-state index contributed by atoms with van der Waals surface area (Å²) < 4.78 is 7.71. The van der Waals surface area contributed by atoms with E-state index in [9.17, 15) is 0 Å². The van der Waals surface area contributed by atoms with Crippen molar-refractivity contribution in [2.75, 3.05) is 12.3 Å².